The Labute approximate surface area is 140 Å². The Kier molecular flexibility index (Phi) is 2.77. The van der Waals surface area contributed by atoms with Crippen LogP contribution in [0, 0.1) is 11.3 Å². The van der Waals surface area contributed by atoms with Gasteiger partial charge < -0.3 is 4.74 Å². The fourth-order valence-corrected chi connectivity index (χ4v) is 3.84. The monoisotopic (exact) mass is 316 g/mol. The van der Waals surface area contributed by atoms with Crippen LogP contribution >= 0.6 is 0 Å². The summed E-state index contributed by atoms with van der Waals surface area (Å²) in [5.41, 5.74) is 1.02. The molecule has 0 aromatic heterocycles. The van der Waals surface area contributed by atoms with Crippen molar-refractivity contribution in [2.24, 2.45) is 4.99 Å². The molecule has 1 spiro atoms. The molecule has 1 aromatic rings. The van der Waals surface area contributed by atoms with Crippen LogP contribution in [0.2, 0.25) is 0 Å². The number of aliphatic imine (C=N–C) groups is 1. The molecule has 0 saturated carbocycles. The summed E-state index contributed by atoms with van der Waals surface area (Å²) in [7, 11) is 0. The standard InChI is InChI=1S/C20H16N2O2/c1-12-9-19(3)10-13(2)20(18(12)23)17(22-19)15(11-21)16(24-20)14-7-5-4-6-8-14/h4-10H,1-3H3/t19-,20+/m0/s1. The van der Waals surface area contributed by atoms with Gasteiger partial charge in [0, 0.05) is 5.56 Å². The molecule has 0 fully saturated rings. The van der Waals surface area contributed by atoms with Crippen molar-refractivity contribution >= 4 is 17.3 Å². The lowest BCUT2D eigenvalue weighted by Gasteiger charge is -2.33. The molecule has 2 atom stereocenters. The lowest BCUT2D eigenvalue weighted by atomic mass is 9.79. The van der Waals surface area contributed by atoms with Crippen LogP contribution in [0.3, 0.4) is 0 Å². The normalized spacial score (nSPS) is 30.8. The Morgan fingerprint density at radius 1 is 1.17 bits per heavy atom. The number of ketones is 1. The van der Waals surface area contributed by atoms with Crippen molar-refractivity contribution in [2.75, 3.05) is 0 Å². The summed E-state index contributed by atoms with van der Waals surface area (Å²) < 4.78 is 6.22. The maximum absolute atomic E-state index is 13.1. The maximum atomic E-state index is 13.1. The zero-order chi connectivity index (χ0) is 17.1. The summed E-state index contributed by atoms with van der Waals surface area (Å²) in [5.74, 6) is 0.284. The summed E-state index contributed by atoms with van der Waals surface area (Å²) in [4.78, 5) is 17.9. The Bertz CT molecular complexity index is 944. The molecule has 4 heteroatoms. The number of hydrogen-bond acceptors (Lipinski definition) is 4. The van der Waals surface area contributed by atoms with Crippen LogP contribution in [0.25, 0.3) is 5.76 Å². The molecule has 0 saturated heterocycles. The van der Waals surface area contributed by atoms with E-state index in [0.29, 0.717) is 22.6 Å². The van der Waals surface area contributed by atoms with Gasteiger partial charge >= 0.3 is 0 Å². The lowest BCUT2D eigenvalue weighted by Crippen LogP contribution is -2.49. The fourth-order valence-electron chi connectivity index (χ4n) is 3.84. The highest BCUT2D eigenvalue weighted by Crippen LogP contribution is 2.49. The minimum Gasteiger partial charge on any atom is -0.466 e. The van der Waals surface area contributed by atoms with E-state index in [0.717, 1.165) is 11.1 Å². The third kappa shape index (κ3) is 1.67. The summed E-state index contributed by atoms with van der Waals surface area (Å²) in [5, 5.41) is 9.76. The van der Waals surface area contributed by atoms with E-state index in [1.807, 2.05) is 56.3 Å². The molecule has 0 unspecified atom stereocenters. The van der Waals surface area contributed by atoms with Crippen molar-refractivity contribution in [3.63, 3.8) is 0 Å². The summed E-state index contributed by atoms with van der Waals surface area (Å²) in [6, 6.07) is 11.6. The van der Waals surface area contributed by atoms with Crippen LogP contribution in [0.5, 0.6) is 0 Å². The number of dihydropyridines is 1. The van der Waals surface area contributed by atoms with E-state index >= 15 is 0 Å². The van der Waals surface area contributed by atoms with E-state index < -0.39 is 11.1 Å². The Morgan fingerprint density at radius 3 is 2.54 bits per heavy atom. The second kappa shape index (κ2) is 4.55. The molecule has 0 N–H and O–H groups in total. The lowest BCUT2D eigenvalue weighted by molar-refractivity contribution is -0.124. The van der Waals surface area contributed by atoms with Gasteiger partial charge in [0.2, 0.25) is 11.4 Å². The van der Waals surface area contributed by atoms with E-state index in [1.165, 1.54) is 0 Å². The Hall–Kier alpha value is -2.93. The van der Waals surface area contributed by atoms with Crippen molar-refractivity contribution in [2.45, 2.75) is 31.9 Å². The smallest absolute Gasteiger partial charge is 0.235 e. The van der Waals surface area contributed by atoms with E-state index in [1.54, 1.807) is 6.92 Å². The molecule has 3 heterocycles. The van der Waals surface area contributed by atoms with Crippen molar-refractivity contribution in [1.29, 1.82) is 5.26 Å². The molecule has 2 bridgehead atoms. The molecule has 1 aliphatic carbocycles. The number of rotatable bonds is 1. The quantitative estimate of drug-likeness (QED) is 0.746. The average Bonchev–Trinajstić information content (AvgIpc) is 2.83. The number of carbonyl (C=O) groups excluding carboxylic acids is 1. The molecule has 4 nitrogen and oxygen atoms in total. The van der Waals surface area contributed by atoms with Gasteiger partial charge in [0.05, 0.1) is 5.54 Å². The topological polar surface area (TPSA) is 62.4 Å². The Morgan fingerprint density at radius 2 is 1.88 bits per heavy atom. The second-order valence-electron chi connectivity index (χ2n) is 6.64. The van der Waals surface area contributed by atoms with Crippen LogP contribution in [-0.2, 0) is 9.53 Å². The van der Waals surface area contributed by atoms with Crippen molar-refractivity contribution < 1.29 is 9.53 Å². The molecule has 1 aromatic carbocycles. The number of carbonyl (C=O) groups is 1. The van der Waals surface area contributed by atoms with Gasteiger partial charge in [-0.25, -0.2) is 0 Å². The van der Waals surface area contributed by atoms with Crippen molar-refractivity contribution in [3.8, 4) is 6.07 Å². The minimum absolute atomic E-state index is 0.144. The first kappa shape index (κ1) is 14.6. The molecular formula is C20H16N2O2. The largest absolute Gasteiger partial charge is 0.466 e. The van der Waals surface area contributed by atoms with Gasteiger partial charge in [-0.15, -0.1) is 0 Å². The molecule has 3 aliphatic heterocycles. The SMILES string of the molecule is CC1=C[C@@]2(C)C=C(C)[C@]3(OC(c4ccccc4)=C(C#N)C3=N2)C1=O. The first-order chi connectivity index (χ1) is 11.4. The van der Waals surface area contributed by atoms with Crippen LogP contribution in [0.1, 0.15) is 26.3 Å². The molecule has 118 valence electrons. The summed E-state index contributed by atoms with van der Waals surface area (Å²) in [6.07, 6.45) is 3.80. The van der Waals surface area contributed by atoms with E-state index in [2.05, 4.69) is 6.07 Å². The van der Waals surface area contributed by atoms with Crippen LogP contribution < -0.4 is 0 Å². The third-order valence-corrected chi connectivity index (χ3v) is 4.80. The van der Waals surface area contributed by atoms with Crippen LogP contribution in [-0.4, -0.2) is 22.6 Å². The number of ether oxygens (including phenoxy) is 1. The Balaban J connectivity index is 2.02. The van der Waals surface area contributed by atoms with Crippen molar-refractivity contribution in [1.82, 2.24) is 0 Å². The third-order valence-electron chi connectivity index (χ3n) is 4.80. The molecular weight excluding hydrogens is 300 g/mol. The molecule has 0 amide bonds. The van der Waals surface area contributed by atoms with Gasteiger partial charge in [-0.3, -0.25) is 9.79 Å². The highest BCUT2D eigenvalue weighted by molar-refractivity contribution is 6.33. The number of benzene rings is 1. The molecule has 0 radical (unpaired) electrons. The van der Waals surface area contributed by atoms with Crippen LogP contribution in [0.4, 0.5) is 0 Å². The molecule has 5 rings (SSSR count). The fraction of sp³-hybridized carbons (Fsp3) is 0.250. The zero-order valence-electron chi connectivity index (χ0n) is 13.8. The maximum Gasteiger partial charge on any atom is 0.235 e. The summed E-state index contributed by atoms with van der Waals surface area (Å²) >= 11 is 0. The summed E-state index contributed by atoms with van der Waals surface area (Å²) in [6.45, 7) is 5.59. The van der Waals surface area contributed by atoms with E-state index in [9.17, 15) is 10.1 Å². The van der Waals surface area contributed by atoms with Gasteiger partial charge in [0.1, 0.15) is 23.1 Å². The number of nitriles is 1. The van der Waals surface area contributed by atoms with Gasteiger partial charge in [-0.2, -0.15) is 5.26 Å². The highest BCUT2D eigenvalue weighted by atomic mass is 16.5. The number of nitrogens with zero attached hydrogens (tertiary/aromatic N) is 2. The molecule has 4 aliphatic rings. The van der Waals surface area contributed by atoms with Gasteiger partial charge in [0.15, 0.2) is 0 Å². The number of hydrogen-bond donors (Lipinski definition) is 0. The molecule has 24 heavy (non-hydrogen) atoms. The average molecular weight is 316 g/mol. The zero-order valence-corrected chi connectivity index (χ0v) is 13.8. The van der Waals surface area contributed by atoms with Crippen molar-refractivity contribution in [3.05, 3.63) is 64.8 Å². The van der Waals surface area contributed by atoms with Gasteiger partial charge in [-0.1, -0.05) is 30.3 Å². The van der Waals surface area contributed by atoms with E-state index in [4.69, 9.17) is 9.73 Å². The number of fused-ring (bicyclic) bond motifs is 1. The first-order valence-electron chi connectivity index (χ1n) is 7.85. The highest BCUT2D eigenvalue weighted by Gasteiger charge is 2.59. The van der Waals surface area contributed by atoms with E-state index in [-0.39, 0.29) is 5.78 Å². The van der Waals surface area contributed by atoms with Gasteiger partial charge in [0.25, 0.3) is 0 Å². The van der Waals surface area contributed by atoms with Crippen LogP contribution in [0.15, 0.2) is 64.2 Å². The first-order valence-corrected chi connectivity index (χ1v) is 7.85. The van der Waals surface area contributed by atoms with Gasteiger partial charge in [-0.05, 0) is 44.1 Å². The predicted molar refractivity (Wildman–Crippen MR) is 91.2 cm³/mol. The predicted octanol–water partition coefficient (Wildman–Crippen LogP) is 3.38. The number of Topliss-reactive ketones (excluding diaryl/α,β-unsaturated/α-hetero) is 1. The second-order valence-corrected chi connectivity index (χ2v) is 6.64. The minimum atomic E-state index is -1.30.